The number of benzene rings is 1. The lowest BCUT2D eigenvalue weighted by molar-refractivity contribution is -0.237. The summed E-state index contributed by atoms with van der Waals surface area (Å²) in [7, 11) is 0. The van der Waals surface area contributed by atoms with Gasteiger partial charge < -0.3 is 14.9 Å². The number of carbonyl (C=O) groups is 2. The molecule has 2 aliphatic carbocycles. The van der Waals surface area contributed by atoms with Crippen molar-refractivity contribution in [2.75, 3.05) is 0 Å². The van der Waals surface area contributed by atoms with E-state index in [0.29, 0.717) is 49.9 Å². The Bertz CT molecular complexity index is 733. The predicted octanol–water partition coefficient (Wildman–Crippen LogP) is 2.57. The highest BCUT2D eigenvalue weighted by Gasteiger charge is 2.56. The number of phenols is 1. The molecule has 3 unspecified atom stereocenters. The van der Waals surface area contributed by atoms with Crippen molar-refractivity contribution in [3.05, 3.63) is 41.2 Å². The first-order chi connectivity index (χ1) is 11.5. The van der Waals surface area contributed by atoms with Gasteiger partial charge in [0.15, 0.2) is 5.78 Å². The highest BCUT2D eigenvalue weighted by molar-refractivity contribution is 6.00. The maximum atomic E-state index is 12.6. The van der Waals surface area contributed by atoms with Gasteiger partial charge in [-0.25, -0.2) is 0 Å². The lowest BCUT2D eigenvalue weighted by Crippen LogP contribution is -2.54. The minimum absolute atomic E-state index is 0.00486. The second-order valence-electron chi connectivity index (χ2n) is 6.93. The Morgan fingerprint density at radius 2 is 1.79 bits per heavy atom. The Hall–Kier alpha value is -2.14. The SMILES string of the molecule is O=C1CCCC2=C1C(c1ccc(O)cc1)C1C(=O)CCCC1(O)O2. The van der Waals surface area contributed by atoms with Gasteiger partial charge in [0.2, 0.25) is 5.79 Å². The average molecular weight is 328 g/mol. The molecule has 5 nitrogen and oxygen atoms in total. The summed E-state index contributed by atoms with van der Waals surface area (Å²) < 4.78 is 5.84. The van der Waals surface area contributed by atoms with E-state index in [1.54, 1.807) is 24.3 Å². The summed E-state index contributed by atoms with van der Waals surface area (Å²) in [4.78, 5) is 25.2. The molecule has 1 aliphatic heterocycles. The van der Waals surface area contributed by atoms with E-state index in [1.165, 1.54) is 0 Å². The number of aromatic hydroxyl groups is 1. The Labute approximate surface area is 139 Å². The fourth-order valence-corrected chi connectivity index (χ4v) is 4.35. The second kappa shape index (κ2) is 5.45. The van der Waals surface area contributed by atoms with Crippen LogP contribution >= 0.6 is 0 Å². The molecule has 0 bridgehead atoms. The van der Waals surface area contributed by atoms with Crippen LogP contribution in [-0.4, -0.2) is 27.6 Å². The van der Waals surface area contributed by atoms with Gasteiger partial charge in [0.05, 0.1) is 5.92 Å². The van der Waals surface area contributed by atoms with Crippen LogP contribution in [-0.2, 0) is 14.3 Å². The molecule has 1 aromatic carbocycles. The van der Waals surface area contributed by atoms with Gasteiger partial charge in [0, 0.05) is 37.2 Å². The zero-order valence-corrected chi connectivity index (χ0v) is 13.3. The van der Waals surface area contributed by atoms with Gasteiger partial charge in [-0.15, -0.1) is 0 Å². The number of Topliss-reactive ketones (excluding diaryl/α,β-unsaturated/α-hetero) is 2. The number of allylic oxidation sites excluding steroid dienone is 2. The Morgan fingerprint density at radius 3 is 2.54 bits per heavy atom. The fourth-order valence-electron chi connectivity index (χ4n) is 4.35. The summed E-state index contributed by atoms with van der Waals surface area (Å²) in [6, 6.07) is 6.54. The molecule has 4 rings (SSSR count). The van der Waals surface area contributed by atoms with Gasteiger partial charge in [0.25, 0.3) is 0 Å². The van der Waals surface area contributed by atoms with Crippen molar-refractivity contribution < 1.29 is 24.5 Å². The fraction of sp³-hybridized carbons (Fsp3) is 0.474. The van der Waals surface area contributed by atoms with Crippen LogP contribution in [0.5, 0.6) is 5.75 Å². The van der Waals surface area contributed by atoms with E-state index in [2.05, 4.69) is 0 Å². The molecular weight excluding hydrogens is 308 g/mol. The van der Waals surface area contributed by atoms with Crippen LogP contribution in [0.4, 0.5) is 0 Å². The third kappa shape index (κ3) is 2.26. The predicted molar refractivity (Wildman–Crippen MR) is 85.1 cm³/mol. The monoisotopic (exact) mass is 328 g/mol. The minimum Gasteiger partial charge on any atom is -0.508 e. The maximum Gasteiger partial charge on any atom is 0.218 e. The normalized spacial score (nSPS) is 32.9. The number of rotatable bonds is 1. The van der Waals surface area contributed by atoms with Gasteiger partial charge in [-0.3, -0.25) is 9.59 Å². The zero-order valence-electron chi connectivity index (χ0n) is 13.3. The number of phenolic OH excluding ortho intramolecular Hbond substituents is 1. The molecule has 1 aromatic rings. The summed E-state index contributed by atoms with van der Waals surface area (Å²) in [5.41, 5.74) is 1.30. The van der Waals surface area contributed by atoms with Gasteiger partial charge in [-0.05, 0) is 30.5 Å². The van der Waals surface area contributed by atoms with E-state index in [1.807, 2.05) is 0 Å². The Kier molecular flexibility index (Phi) is 3.49. The second-order valence-corrected chi connectivity index (χ2v) is 6.93. The molecule has 1 saturated carbocycles. The molecule has 1 fully saturated rings. The van der Waals surface area contributed by atoms with Crippen LogP contribution in [0.1, 0.15) is 50.0 Å². The topological polar surface area (TPSA) is 83.8 Å². The van der Waals surface area contributed by atoms with Crippen molar-refractivity contribution >= 4 is 11.6 Å². The third-order valence-electron chi connectivity index (χ3n) is 5.40. The van der Waals surface area contributed by atoms with E-state index in [9.17, 15) is 19.8 Å². The molecule has 3 aliphatic rings. The lowest BCUT2D eigenvalue weighted by Gasteiger charge is -2.48. The molecule has 3 atom stereocenters. The molecule has 0 radical (unpaired) electrons. The first-order valence-electron chi connectivity index (χ1n) is 8.49. The molecule has 5 heteroatoms. The summed E-state index contributed by atoms with van der Waals surface area (Å²) in [5.74, 6) is -2.20. The van der Waals surface area contributed by atoms with Crippen molar-refractivity contribution in [1.29, 1.82) is 0 Å². The molecule has 126 valence electrons. The van der Waals surface area contributed by atoms with Crippen molar-refractivity contribution in [2.45, 2.75) is 50.2 Å². The number of carbonyl (C=O) groups excluding carboxylic acids is 2. The standard InChI is InChI=1S/C19H20O5/c20-12-8-6-11(7-9-12)16-17-13(21)3-1-5-15(17)24-19(23)10-2-4-14(22)18(16)19/h6-9,16,18,20,23H,1-5,10H2. The minimum atomic E-state index is -1.53. The third-order valence-corrected chi connectivity index (χ3v) is 5.40. The van der Waals surface area contributed by atoms with Crippen molar-refractivity contribution in [2.24, 2.45) is 5.92 Å². The first kappa shape index (κ1) is 15.4. The lowest BCUT2D eigenvalue weighted by atomic mass is 9.65. The van der Waals surface area contributed by atoms with Crippen LogP contribution in [0, 0.1) is 5.92 Å². The number of fused-ring (bicyclic) bond motifs is 1. The van der Waals surface area contributed by atoms with Gasteiger partial charge in [0.1, 0.15) is 17.3 Å². The molecular formula is C19H20O5. The van der Waals surface area contributed by atoms with Crippen LogP contribution in [0.3, 0.4) is 0 Å². The Morgan fingerprint density at radius 1 is 1.04 bits per heavy atom. The van der Waals surface area contributed by atoms with Crippen LogP contribution < -0.4 is 0 Å². The summed E-state index contributed by atoms with van der Waals surface area (Å²) >= 11 is 0. The molecule has 0 aromatic heterocycles. The average Bonchev–Trinajstić information content (AvgIpc) is 2.54. The van der Waals surface area contributed by atoms with Crippen LogP contribution in [0.15, 0.2) is 35.6 Å². The highest BCUT2D eigenvalue weighted by Crippen LogP contribution is 2.52. The van der Waals surface area contributed by atoms with E-state index in [0.717, 1.165) is 5.56 Å². The number of hydrogen-bond donors (Lipinski definition) is 2. The van der Waals surface area contributed by atoms with E-state index in [4.69, 9.17) is 4.74 Å². The van der Waals surface area contributed by atoms with Crippen molar-refractivity contribution in [3.8, 4) is 5.75 Å². The highest BCUT2D eigenvalue weighted by atomic mass is 16.6. The maximum absolute atomic E-state index is 12.6. The first-order valence-corrected chi connectivity index (χ1v) is 8.49. The quantitative estimate of drug-likeness (QED) is 0.828. The van der Waals surface area contributed by atoms with E-state index < -0.39 is 17.6 Å². The smallest absolute Gasteiger partial charge is 0.218 e. The van der Waals surface area contributed by atoms with Gasteiger partial charge in [-0.2, -0.15) is 0 Å². The molecule has 2 N–H and O–H groups in total. The number of aliphatic hydroxyl groups is 1. The summed E-state index contributed by atoms with van der Waals surface area (Å²) in [6.07, 6.45) is 3.12. The number of hydrogen-bond acceptors (Lipinski definition) is 5. The number of ether oxygens (including phenoxy) is 1. The molecule has 0 spiro atoms. The molecule has 0 amide bonds. The Balaban J connectivity index is 1.90. The molecule has 24 heavy (non-hydrogen) atoms. The largest absolute Gasteiger partial charge is 0.508 e. The van der Waals surface area contributed by atoms with Gasteiger partial charge >= 0.3 is 0 Å². The van der Waals surface area contributed by atoms with Crippen molar-refractivity contribution in [3.63, 3.8) is 0 Å². The van der Waals surface area contributed by atoms with Crippen molar-refractivity contribution in [1.82, 2.24) is 0 Å². The summed E-state index contributed by atoms with van der Waals surface area (Å²) in [6.45, 7) is 0. The van der Waals surface area contributed by atoms with E-state index in [-0.39, 0.29) is 17.3 Å². The molecule has 1 heterocycles. The zero-order chi connectivity index (χ0) is 16.9. The van der Waals surface area contributed by atoms with E-state index >= 15 is 0 Å². The molecule has 0 saturated heterocycles. The van der Waals surface area contributed by atoms with Crippen LogP contribution in [0.25, 0.3) is 0 Å². The van der Waals surface area contributed by atoms with Gasteiger partial charge in [-0.1, -0.05) is 12.1 Å². The number of ketones is 2. The summed E-state index contributed by atoms with van der Waals surface area (Å²) in [5, 5.41) is 20.6. The van der Waals surface area contributed by atoms with Crippen LogP contribution in [0.2, 0.25) is 0 Å².